The standard InChI is InChI=1S/C13H16ClNO3/c1-17-8-12(5-14)15-13(16)9-2-3-10-6-18-7-11(10)4-9/h2-4,12H,5-8H2,1H3,(H,15,16). The number of rotatable bonds is 5. The van der Waals surface area contributed by atoms with Crippen LogP contribution in [0.5, 0.6) is 0 Å². The van der Waals surface area contributed by atoms with Gasteiger partial charge in [0.25, 0.3) is 5.91 Å². The summed E-state index contributed by atoms with van der Waals surface area (Å²) in [6.45, 7) is 1.61. The number of benzene rings is 1. The first-order valence-electron chi connectivity index (χ1n) is 5.80. The Morgan fingerprint density at radius 3 is 3.00 bits per heavy atom. The number of hydrogen-bond donors (Lipinski definition) is 1. The zero-order valence-electron chi connectivity index (χ0n) is 10.2. The van der Waals surface area contributed by atoms with Crippen LogP contribution in [0.25, 0.3) is 0 Å². The van der Waals surface area contributed by atoms with Crippen LogP contribution in [0.15, 0.2) is 18.2 Å². The number of fused-ring (bicyclic) bond motifs is 1. The van der Waals surface area contributed by atoms with E-state index in [1.165, 1.54) is 0 Å². The molecule has 1 amide bonds. The number of carbonyl (C=O) groups is 1. The van der Waals surface area contributed by atoms with Crippen molar-refractivity contribution in [3.8, 4) is 0 Å². The molecule has 0 fully saturated rings. The molecule has 5 heteroatoms. The van der Waals surface area contributed by atoms with Crippen LogP contribution in [-0.2, 0) is 22.7 Å². The Morgan fingerprint density at radius 1 is 1.50 bits per heavy atom. The first-order chi connectivity index (χ1) is 8.74. The van der Waals surface area contributed by atoms with Gasteiger partial charge in [-0.3, -0.25) is 4.79 Å². The van der Waals surface area contributed by atoms with Gasteiger partial charge in [-0.2, -0.15) is 0 Å². The van der Waals surface area contributed by atoms with Crippen LogP contribution in [0.4, 0.5) is 0 Å². The first-order valence-corrected chi connectivity index (χ1v) is 6.33. The van der Waals surface area contributed by atoms with Crippen LogP contribution in [0.1, 0.15) is 21.5 Å². The molecule has 1 aliphatic rings. The van der Waals surface area contributed by atoms with Crippen molar-refractivity contribution in [3.05, 3.63) is 34.9 Å². The van der Waals surface area contributed by atoms with Crippen molar-refractivity contribution in [2.45, 2.75) is 19.3 Å². The van der Waals surface area contributed by atoms with Crippen molar-refractivity contribution in [1.29, 1.82) is 0 Å². The number of halogens is 1. The number of alkyl halides is 1. The van der Waals surface area contributed by atoms with E-state index in [9.17, 15) is 4.79 Å². The molecule has 0 spiro atoms. The third-order valence-electron chi connectivity index (χ3n) is 2.87. The highest BCUT2D eigenvalue weighted by molar-refractivity contribution is 6.18. The molecule has 0 aliphatic carbocycles. The monoisotopic (exact) mass is 269 g/mol. The van der Waals surface area contributed by atoms with Gasteiger partial charge < -0.3 is 14.8 Å². The van der Waals surface area contributed by atoms with E-state index in [2.05, 4.69) is 5.32 Å². The Morgan fingerprint density at radius 2 is 2.28 bits per heavy atom. The van der Waals surface area contributed by atoms with Crippen molar-refractivity contribution in [1.82, 2.24) is 5.32 Å². The molecule has 98 valence electrons. The number of hydrogen-bond acceptors (Lipinski definition) is 3. The fourth-order valence-corrected chi connectivity index (χ4v) is 2.07. The average molecular weight is 270 g/mol. The predicted molar refractivity (Wildman–Crippen MR) is 68.8 cm³/mol. The molecule has 1 atom stereocenters. The highest BCUT2D eigenvalue weighted by atomic mass is 35.5. The van der Waals surface area contributed by atoms with Gasteiger partial charge in [0.1, 0.15) is 0 Å². The fourth-order valence-electron chi connectivity index (χ4n) is 1.91. The number of amides is 1. The van der Waals surface area contributed by atoms with E-state index in [0.717, 1.165) is 11.1 Å². The van der Waals surface area contributed by atoms with E-state index in [0.29, 0.717) is 31.3 Å². The van der Waals surface area contributed by atoms with E-state index in [4.69, 9.17) is 21.1 Å². The number of ether oxygens (including phenoxy) is 2. The maximum absolute atomic E-state index is 12.0. The maximum Gasteiger partial charge on any atom is 0.251 e. The van der Waals surface area contributed by atoms with Crippen LogP contribution < -0.4 is 5.32 Å². The summed E-state index contributed by atoms with van der Waals surface area (Å²) in [4.78, 5) is 12.0. The fraction of sp³-hybridized carbons (Fsp3) is 0.462. The molecule has 0 aromatic heterocycles. The molecule has 0 bridgehead atoms. The summed E-state index contributed by atoms with van der Waals surface area (Å²) < 4.78 is 10.3. The summed E-state index contributed by atoms with van der Waals surface area (Å²) in [5.41, 5.74) is 2.86. The van der Waals surface area contributed by atoms with Gasteiger partial charge in [-0.05, 0) is 23.3 Å². The van der Waals surface area contributed by atoms with E-state index in [1.54, 1.807) is 13.2 Å². The van der Waals surface area contributed by atoms with Gasteiger partial charge in [0, 0.05) is 18.6 Å². The topological polar surface area (TPSA) is 47.6 Å². The first kappa shape index (κ1) is 13.3. The van der Waals surface area contributed by atoms with Gasteiger partial charge in [0.2, 0.25) is 0 Å². The highest BCUT2D eigenvalue weighted by Crippen LogP contribution is 2.20. The van der Waals surface area contributed by atoms with Crippen molar-refractivity contribution in [2.24, 2.45) is 0 Å². The van der Waals surface area contributed by atoms with E-state index < -0.39 is 0 Å². The average Bonchev–Trinajstić information content (AvgIpc) is 2.85. The number of methoxy groups -OCH3 is 1. The predicted octanol–water partition coefficient (Wildman–Crippen LogP) is 1.70. The largest absolute Gasteiger partial charge is 0.383 e. The second kappa shape index (κ2) is 6.18. The minimum atomic E-state index is -0.173. The molecule has 0 saturated heterocycles. The van der Waals surface area contributed by atoms with Gasteiger partial charge in [0.05, 0.1) is 25.9 Å². The molecular formula is C13H16ClNO3. The molecule has 1 aromatic carbocycles. The summed E-state index contributed by atoms with van der Waals surface area (Å²) in [5, 5.41) is 2.84. The Bertz CT molecular complexity index is 436. The van der Waals surface area contributed by atoms with E-state index in [1.807, 2.05) is 12.1 Å². The molecule has 1 aromatic rings. The Balaban J connectivity index is 2.04. The normalized spacial score (nSPS) is 15.2. The summed E-state index contributed by atoms with van der Waals surface area (Å²) >= 11 is 5.76. The SMILES string of the molecule is COCC(CCl)NC(=O)c1ccc2c(c1)COC2. The van der Waals surface area contributed by atoms with E-state index in [-0.39, 0.29) is 11.9 Å². The van der Waals surface area contributed by atoms with Crippen molar-refractivity contribution in [2.75, 3.05) is 19.6 Å². The summed E-state index contributed by atoms with van der Waals surface area (Å²) in [6.07, 6.45) is 0. The van der Waals surface area contributed by atoms with Crippen LogP contribution in [0, 0.1) is 0 Å². The third kappa shape index (κ3) is 3.02. The lowest BCUT2D eigenvalue weighted by atomic mass is 10.1. The Labute approximate surface area is 111 Å². The quantitative estimate of drug-likeness (QED) is 0.828. The zero-order chi connectivity index (χ0) is 13.0. The van der Waals surface area contributed by atoms with Crippen LogP contribution in [0.3, 0.4) is 0 Å². The molecule has 0 saturated carbocycles. The van der Waals surface area contributed by atoms with Gasteiger partial charge in [-0.1, -0.05) is 6.07 Å². The molecule has 2 rings (SSSR count). The molecular weight excluding hydrogens is 254 g/mol. The van der Waals surface area contributed by atoms with E-state index >= 15 is 0 Å². The van der Waals surface area contributed by atoms with Crippen LogP contribution in [0.2, 0.25) is 0 Å². The zero-order valence-corrected chi connectivity index (χ0v) is 11.0. The smallest absolute Gasteiger partial charge is 0.251 e. The third-order valence-corrected chi connectivity index (χ3v) is 3.25. The second-order valence-corrected chi connectivity index (χ2v) is 4.56. The Hall–Kier alpha value is -1.10. The van der Waals surface area contributed by atoms with Gasteiger partial charge in [-0.15, -0.1) is 11.6 Å². The van der Waals surface area contributed by atoms with Crippen LogP contribution in [-0.4, -0.2) is 31.5 Å². The van der Waals surface area contributed by atoms with Gasteiger partial charge >= 0.3 is 0 Å². The van der Waals surface area contributed by atoms with Crippen LogP contribution >= 0.6 is 11.6 Å². The highest BCUT2D eigenvalue weighted by Gasteiger charge is 2.16. The number of nitrogens with one attached hydrogen (secondary N) is 1. The lowest BCUT2D eigenvalue weighted by Gasteiger charge is -2.15. The molecule has 1 aliphatic heterocycles. The molecule has 18 heavy (non-hydrogen) atoms. The van der Waals surface area contributed by atoms with Crippen molar-refractivity contribution >= 4 is 17.5 Å². The second-order valence-electron chi connectivity index (χ2n) is 4.26. The number of carbonyl (C=O) groups excluding carboxylic acids is 1. The molecule has 1 heterocycles. The minimum absolute atomic E-state index is 0.132. The summed E-state index contributed by atoms with van der Waals surface area (Å²) in [7, 11) is 1.58. The molecule has 0 radical (unpaired) electrons. The maximum atomic E-state index is 12.0. The lowest BCUT2D eigenvalue weighted by Crippen LogP contribution is -2.39. The molecule has 4 nitrogen and oxygen atoms in total. The Kier molecular flexibility index (Phi) is 4.58. The van der Waals surface area contributed by atoms with Crippen molar-refractivity contribution in [3.63, 3.8) is 0 Å². The molecule has 1 unspecified atom stereocenters. The molecule has 1 N–H and O–H groups in total. The summed E-state index contributed by atoms with van der Waals surface area (Å²) in [6, 6.07) is 5.44. The minimum Gasteiger partial charge on any atom is -0.383 e. The lowest BCUT2D eigenvalue weighted by molar-refractivity contribution is 0.0906. The van der Waals surface area contributed by atoms with Crippen molar-refractivity contribution < 1.29 is 14.3 Å². The summed E-state index contributed by atoms with van der Waals surface area (Å²) in [5.74, 6) is 0.195. The van der Waals surface area contributed by atoms with Gasteiger partial charge in [-0.25, -0.2) is 0 Å². The van der Waals surface area contributed by atoms with Gasteiger partial charge in [0.15, 0.2) is 0 Å².